The van der Waals surface area contributed by atoms with Crippen LogP contribution < -0.4 is 0 Å². The molecule has 104 valence electrons. The Labute approximate surface area is 122 Å². The lowest BCUT2D eigenvalue weighted by Crippen LogP contribution is -2.09. The van der Waals surface area contributed by atoms with E-state index >= 15 is 0 Å². The first-order valence-corrected chi connectivity index (χ1v) is 6.64. The highest BCUT2D eigenvalue weighted by molar-refractivity contribution is 6.09. The molecule has 0 saturated carbocycles. The van der Waals surface area contributed by atoms with E-state index in [1.807, 2.05) is 41.9 Å². The van der Waals surface area contributed by atoms with Gasteiger partial charge in [0.05, 0.1) is 5.69 Å². The number of para-hydroxylation sites is 1. The second kappa shape index (κ2) is 4.98. The van der Waals surface area contributed by atoms with Crippen molar-refractivity contribution in [3.63, 3.8) is 0 Å². The molecule has 0 atom stereocenters. The summed E-state index contributed by atoms with van der Waals surface area (Å²) in [5.41, 5.74) is 2.43. The van der Waals surface area contributed by atoms with Crippen LogP contribution in [0.3, 0.4) is 0 Å². The van der Waals surface area contributed by atoms with Gasteiger partial charge in [-0.05, 0) is 31.2 Å². The molecule has 0 aliphatic heterocycles. The van der Waals surface area contributed by atoms with E-state index in [0.717, 1.165) is 10.9 Å². The Morgan fingerprint density at radius 3 is 2.48 bits per heavy atom. The normalized spacial score (nSPS) is 10.8. The van der Waals surface area contributed by atoms with E-state index < -0.39 is 0 Å². The topological polar surface area (TPSA) is 52.0 Å². The average Bonchev–Trinajstić information content (AvgIpc) is 2.84. The van der Waals surface area contributed by atoms with E-state index in [1.54, 1.807) is 12.1 Å². The molecule has 0 aliphatic carbocycles. The molecule has 21 heavy (non-hydrogen) atoms. The highest BCUT2D eigenvalue weighted by Gasteiger charge is 2.16. The Morgan fingerprint density at radius 2 is 1.86 bits per heavy atom. The summed E-state index contributed by atoms with van der Waals surface area (Å²) in [6.07, 6.45) is 1.44. The van der Waals surface area contributed by atoms with E-state index in [1.165, 1.54) is 13.1 Å². The molecule has 2 aromatic heterocycles. The van der Waals surface area contributed by atoms with Crippen LogP contribution in [0.1, 0.15) is 33.5 Å². The smallest absolute Gasteiger partial charge is 0.227 e. The summed E-state index contributed by atoms with van der Waals surface area (Å²) in [5.74, 6) is -0.213. The Hall–Kier alpha value is -2.75. The van der Waals surface area contributed by atoms with Crippen LogP contribution in [0.5, 0.6) is 0 Å². The molecule has 0 aliphatic rings. The number of aryl methyl sites for hydroxylation is 1. The molecule has 0 radical (unpaired) electrons. The van der Waals surface area contributed by atoms with Gasteiger partial charge in [-0.3, -0.25) is 14.6 Å². The lowest BCUT2D eigenvalue weighted by atomic mass is 10.1. The van der Waals surface area contributed by atoms with E-state index in [9.17, 15) is 9.59 Å². The van der Waals surface area contributed by atoms with Crippen molar-refractivity contribution >= 4 is 22.5 Å². The number of carbonyl (C=O) groups is 2. The van der Waals surface area contributed by atoms with Crippen LogP contribution in [0.25, 0.3) is 10.9 Å². The van der Waals surface area contributed by atoms with Crippen LogP contribution in [-0.2, 0) is 7.05 Å². The number of hydrogen-bond acceptors (Lipinski definition) is 3. The van der Waals surface area contributed by atoms with Gasteiger partial charge in [-0.25, -0.2) is 0 Å². The highest BCUT2D eigenvalue weighted by Crippen LogP contribution is 2.20. The van der Waals surface area contributed by atoms with Crippen molar-refractivity contribution < 1.29 is 9.59 Å². The molecule has 0 saturated heterocycles. The van der Waals surface area contributed by atoms with Gasteiger partial charge < -0.3 is 4.57 Å². The van der Waals surface area contributed by atoms with Crippen molar-refractivity contribution in [2.45, 2.75) is 6.92 Å². The molecular weight excluding hydrogens is 264 g/mol. The summed E-state index contributed by atoms with van der Waals surface area (Å²) >= 11 is 0. The number of Topliss-reactive ketones (excluding diaryl/α,β-unsaturated/α-hetero) is 1. The molecule has 3 aromatic rings. The lowest BCUT2D eigenvalue weighted by Gasteiger charge is -2.03. The summed E-state index contributed by atoms with van der Waals surface area (Å²) in [6.45, 7) is 1.47. The zero-order valence-electron chi connectivity index (χ0n) is 11.8. The Balaban J connectivity index is 2.04. The van der Waals surface area contributed by atoms with E-state index in [4.69, 9.17) is 0 Å². The second-order valence-corrected chi connectivity index (χ2v) is 4.96. The first-order chi connectivity index (χ1) is 10.1. The number of hydrogen-bond donors (Lipinski definition) is 0. The third kappa shape index (κ3) is 2.25. The molecule has 0 unspecified atom stereocenters. The van der Waals surface area contributed by atoms with Gasteiger partial charge in [-0.1, -0.05) is 18.2 Å². The number of fused-ring (bicyclic) bond motifs is 1. The number of rotatable bonds is 3. The fourth-order valence-corrected chi connectivity index (χ4v) is 2.37. The standard InChI is InChI=1S/C17H14N2O2/c1-11(20)13-7-8-14(18-10-13)17(21)16-9-12-5-3-4-6-15(12)19(16)2/h3-10H,1-2H3. The summed E-state index contributed by atoms with van der Waals surface area (Å²) in [7, 11) is 1.86. The van der Waals surface area contributed by atoms with Gasteiger partial charge in [-0.2, -0.15) is 0 Å². The number of aromatic nitrogens is 2. The summed E-state index contributed by atoms with van der Waals surface area (Å²) < 4.78 is 1.86. The van der Waals surface area contributed by atoms with E-state index in [2.05, 4.69) is 4.98 Å². The zero-order chi connectivity index (χ0) is 15.0. The maximum atomic E-state index is 12.5. The molecule has 0 fully saturated rings. The first-order valence-electron chi connectivity index (χ1n) is 6.64. The number of ketones is 2. The van der Waals surface area contributed by atoms with Crippen LogP contribution in [0, 0.1) is 0 Å². The van der Waals surface area contributed by atoms with Crippen LogP contribution >= 0.6 is 0 Å². The van der Waals surface area contributed by atoms with Gasteiger partial charge in [0.15, 0.2) is 5.78 Å². The number of benzene rings is 1. The van der Waals surface area contributed by atoms with Crippen molar-refractivity contribution in [1.82, 2.24) is 9.55 Å². The average molecular weight is 278 g/mol. The van der Waals surface area contributed by atoms with Gasteiger partial charge in [0.1, 0.15) is 5.69 Å². The van der Waals surface area contributed by atoms with Crippen LogP contribution in [0.15, 0.2) is 48.7 Å². The molecule has 0 N–H and O–H groups in total. The lowest BCUT2D eigenvalue weighted by molar-refractivity contribution is 0.100. The van der Waals surface area contributed by atoms with Crippen LogP contribution in [-0.4, -0.2) is 21.1 Å². The Morgan fingerprint density at radius 1 is 1.10 bits per heavy atom. The highest BCUT2D eigenvalue weighted by atomic mass is 16.1. The molecule has 4 heteroatoms. The zero-order valence-corrected chi connectivity index (χ0v) is 11.8. The quantitative estimate of drug-likeness (QED) is 0.692. The minimum Gasteiger partial charge on any atom is -0.341 e. The Kier molecular flexibility index (Phi) is 3.14. The van der Waals surface area contributed by atoms with Gasteiger partial charge >= 0.3 is 0 Å². The molecular formula is C17H14N2O2. The van der Waals surface area contributed by atoms with Crippen molar-refractivity contribution in [3.8, 4) is 0 Å². The predicted molar refractivity (Wildman–Crippen MR) is 80.6 cm³/mol. The van der Waals surface area contributed by atoms with Gasteiger partial charge in [0.25, 0.3) is 0 Å². The third-order valence-corrected chi connectivity index (χ3v) is 3.59. The van der Waals surface area contributed by atoms with Gasteiger partial charge in [0, 0.05) is 29.7 Å². The van der Waals surface area contributed by atoms with Gasteiger partial charge in [0.2, 0.25) is 5.78 Å². The summed E-state index contributed by atoms with van der Waals surface area (Å²) in [6, 6.07) is 12.9. The molecule has 0 bridgehead atoms. The molecule has 0 amide bonds. The molecule has 1 aromatic carbocycles. The predicted octanol–water partition coefficient (Wildman–Crippen LogP) is 3.01. The molecule has 2 heterocycles. The SMILES string of the molecule is CC(=O)c1ccc(C(=O)c2cc3ccccc3n2C)nc1. The van der Waals surface area contributed by atoms with Crippen LogP contribution in [0.4, 0.5) is 0 Å². The molecule has 4 nitrogen and oxygen atoms in total. The fourth-order valence-electron chi connectivity index (χ4n) is 2.37. The largest absolute Gasteiger partial charge is 0.341 e. The van der Waals surface area contributed by atoms with Gasteiger partial charge in [-0.15, -0.1) is 0 Å². The maximum Gasteiger partial charge on any atom is 0.227 e. The number of carbonyl (C=O) groups excluding carboxylic acids is 2. The van der Waals surface area contributed by atoms with Crippen molar-refractivity contribution in [2.24, 2.45) is 7.05 Å². The van der Waals surface area contributed by atoms with Crippen molar-refractivity contribution in [3.05, 3.63) is 65.6 Å². The minimum absolute atomic E-state index is 0.0638. The molecule has 3 rings (SSSR count). The maximum absolute atomic E-state index is 12.5. The van der Waals surface area contributed by atoms with Crippen molar-refractivity contribution in [2.75, 3.05) is 0 Å². The molecule has 0 spiro atoms. The van der Waals surface area contributed by atoms with E-state index in [0.29, 0.717) is 17.0 Å². The summed E-state index contributed by atoms with van der Waals surface area (Å²) in [4.78, 5) is 27.9. The minimum atomic E-state index is -0.149. The number of nitrogens with zero attached hydrogens (tertiary/aromatic N) is 2. The van der Waals surface area contributed by atoms with Crippen molar-refractivity contribution in [1.29, 1.82) is 0 Å². The summed E-state index contributed by atoms with van der Waals surface area (Å²) in [5, 5.41) is 1.02. The fraction of sp³-hybridized carbons (Fsp3) is 0.118. The second-order valence-electron chi connectivity index (χ2n) is 4.96. The number of pyridine rings is 1. The monoisotopic (exact) mass is 278 g/mol. The Bertz CT molecular complexity index is 845. The first kappa shape index (κ1) is 13.2. The third-order valence-electron chi connectivity index (χ3n) is 3.59. The van der Waals surface area contributed by atoms with Crippen LogP contribution in [0.2, 0.25) is 0 Å². The van der Waals surface area contributed by atoms with E-state index in [-0.39, 0.29) is 11.6 Å².